The number of H-pyrrole nitrogens is 1. The number of para-hydroxylation sites is 1. The van der Waals surface area contributed by atoms with E-state index in [2.05, 4.69) is 56.6 Å². The Hall–Kier alpha value is -1.70. The first-order valence-electron chi connectivity index (χ1n) is 6.86. The molecule has 1 unspecified atom stereocenters. The molecule has 0 saturated heterocycles. The van der Waals surface area contributed by atoms with Crippen LogP contribution in [-0.4, -0.2) is 12.1 Å². The molecule has 1 N–H and O–H groups in total. The van der Waals surface area contributed by atoms with Gasteiger partial charge in [-0.1, -0.05) is 45.5 Å². The molecule has 0 radical (unpaired) electrons. The molecule has 2 nitrogen and oxygen atoms in total. The van der Waals surface area contributed by atoms with Crippen molar-refractivity contribution in [3.63, 3.8) is 0 Å². The van der Waals surface area contributed by atoms with Gasteiger partial charge in [0.25, 0.3) is 0 Å². The molecule has 102 valence electrons. The molecule has 2 aromatic rings. The smallest absolute Gasteiger partial charge is 0.0915 e. The number of nitrogens with one attached hydrogen (secondary N) is 1. The lowest BCUT2D eigenvalue weighted by atomic mass is 9.94. The van der Waals surface area contributed by atoms with Crippen molar-refractivity contribution in [2.75, 3.05) is 7.11 Å². The summed E-state index contributed by atoms with van der Waals surface area (Å²) in [7, 11) is 1.69. The van der Waals surface area contributed by atoms with Crippen LogP contribution in [0.25, 0.3) is 10.9 Å². The summed E-state index contributed by atoms with van der Waals surface area (Å²) in [6.45, 7) is 10.6. The maximum atomic E-state index is 5.27. The molecular formula is C17H23NO. The molecule has 0 bridgehead atoms. The average Bonchev–Trinajstić information content (AvgIpc) is 2.77. The van der Waals surface area contributed by atoms with Crippen LogP contribution in [0.5, 0.6) is 0 Å². The van der Waals surface area contributed by atoms with Crippen molar-refractivity contribution in [2.45, 2.75) is 33.1 Å². The van der Waals surface area contributed by atoms with Crippen LogP contribution in [0.3, 0.4) is 0 Å². The summed E-state index contributed by atoms with van der Waals surface area (Å²) in [5, 5.41) is 1.32. The molecule has 0 fully saturated rings. The quantitative estimate of drug-likeness (QED) is 0.776. The van der Waals surface area contributed by atoms with Crippen LogP contribution in [-0.2, 0) is 11.2 Å². The lowest BCUT2D eigenvalue weighted by molar-refractivity contribution is 0.249. The first-order chi connectivity index (χ1) is 9.04. The highest BCUT2D eigenvalue weighted by molar-refractivity contribution is 5.84. The zero-order valence-corrected chi connectivity index (χ0v) is 12.3. The van der Waals surface area contributed by atoms with E-state index in [1.54, 1.807) is 7.11 Å². The maximum absolute atomic E-state index is 5.27. The molecule has 0 aliphatic heterocycles. The lowest BCUT2D eigenvalue weighted by Gasteiger charge is -2.15. The monoisotopic (exact) mass is 257 g/mol. The van der Waals surface area contributed by atoms with Crippen molar-refractivity contribution in [3.05, 3.63) is 47.9 Å². The van der Waals surface area contributed by atoms with E-state index >= 15 is 0 Å². The van der Waals surface area contributed by atoms with E-state index in [0.717, 1.165) is 12.2 Å². The topological polar surface area (TPSA) is 25.0 Å². The molecule has 0 saturated carbocycles. The standard InChI is InChI=1S/C17H23NO/c1-11(2)17-15(10-12(3)13(4)19-5)14-8-6-7-9-16(14)18-17/h6-9,11-12,18H,4,10H2,1-3,5H3. The van der Waals surface area contributed by atoms with Crippen LogP contribution in [0, 0.1) is 5.92 Å². The number of rotatable bonds is 5. The van der Waals surface area contributed by atoms with Crippen LogP contribution >= 0.6 is 0 Å². The second-order valence-corrected chi connectivity index (χ2v) is 5.49. The van der Waals surface area contributed by atoms with Gasteiger partial charge >= 0.3 is 0 Å². The summed E-state index contributed by atoms with van der Waals surface area (Å²) in [4.78, 5) is 3.56. The second kappa shape index (κ2) is 5.52. The molecular weight excluding hydrogens is 234 g/mol. The van der Waals surface area contributed by atoms with Crippen LogP contribution in [0.15, 0.2) is 36.6 Å². The maximum Gasteiger partial charge on any atom is 0.0915 e. The molecule has 0 aliphatic rings. The number of hydrogen-bond donors (Lipinski definition) is 1. The van der Waals surface area contributed by atoms with E-state index in [9.17, 15) is 0 Å². The van der Waals surface area contributed by atoms with Crippen molar-refractivity contribution in [3.8, 4) is 0 Å². The van der Waals surface area contributed by atoms with E-state index in [1.807, 2.05) is 0 Å². The summed E-state index contributed by atoms with van der Waals surface area (Å²) in [6, 6.07) is 8.50. The summed E-state index contributed by atoms with van der Waals surface area (Å²) >= 11 is 0. The van der Waals surface area contributed by atoms with Gasteiger partial charge in [0.05, 0.1) is 12.9 Å². The molecule has 1 aromatic heterocycles. The predicted octanol–water partition coefficient (Wildman–Crippen LogP) is 4.63. The molecule has 0 spiro atoms. The number of hydrogen-bond acceptors (Lipinski definition) is 1. The van der Waals surface area contributed by atoms with Gasteiger partial charge in [0.2, 0.25) is 0 Å². The van der Waals surface area contributed by atoms with Crippen LogP contribution in [0.2, 0.25) is 0 Å². The van der Waals surface area contributed by atoms with Gasteiger partial charge in [0.1, 0.15) is 0 Å². The van der Waals surface area contributed by atoms with Crippen molar-refractivity contribution in [1.29, 1.82) is 0 Å². The van der Waals surface area contributed by atoms with Gasteiger partial charge in [0, 0.05) is 22.5 Å². The van der Waals surface area contributed by atoms with Gasteiger partial charge in [-0.15, -0.1) is 0 Å². The highest BCUT2D eigenvalue weighted by Gasteiger charge is 2.17. The van der Waals surface area contributed by atoms with Crippen LogP contribution < -0.4 is 0 Å². The number of allylic oxidation sites excluding steroid dienone is 1. The third kappa shape index (κ3) is 2.67. The predicted molar refractivity (Wildman–Crippen MR) is 81.4 cm³/mol. The summed E-state index contributed by atoms with van der Waals surface area (Å²) in [6.07, 6.45) is 0.962. The highest BCUT2D eigenvalue weighted by atomic mass is 16.5. The fourth-order valence-corrected chi connectivity index (χ4v) is 2.55. The number of fused-ring (bicyclic) bond motifs is 1. The van der Waals surface area contributed by atoms with Crippen molar-refractivity contribution in [2.24, 2.45) is 5.92 Å². The molecule has 0 aliphatic carbocycles. The average molecular weight is 257 g/mol. The van der Waals surface area contributed by atoms with Crippen LogP contribution in [0.4, 0.5) is 0 Å². The third-order valence-corrected chi connectivity index (χ3v) is 3.75. The number of aromatic nitrogens is 1. The Morgan fingerprint density at radius 3 is 2.58 bits per heavy atom. The van der Waals surface area contributed by atoms with E-state index in [-0.39, 0.29) is 0 Å². The van der Waals surface area contributed by atoms with E-state index < -0.39 is 0 Å². The normalized spacial score (nSPS) is 12.9. The van der Waals surface area contributed by atoms with Gasteiger partial charge in [-0.2, -0.15) is 0 Å². The minimum absolute atomic E-state index is 0.321. The largest absolute Gasteiger partial charge is 0.501 e. The Morgan fingerprint density at radius 2 is 1.95 bits per heavy atom. The first kappa shape index (κ1) is 13.7. The molecule has 1 heterocycles. The second-order valence-electron chi connectivity index (χ2n) is 5.49. The van der Waals surface area contributed by atoms with Crippen molar-refractivity contribution < 1.29 is 4.74 Å². The Labute approximate surface area is 115 Å². The Morgan fingerprint density at radius 1 is 1.26 bits per heavy atom. The number of benzene rings is 1. The SMILES string of the molecule is C=C(OC)C(C)Cc1c(C(C)C)[nH]c2ccccc12. The molecule has 2 heteroatoms. The zero-order valence-electron chi connectivity index (χ0n) is 12.3. The molecule has 1 aromatic carbocycles. The number of methoxy groups -OCH3 is 1. The fraction of sp³-hybridized carbons (Fsp3) is 0.412. The highest BCUT2D eigenvalue weighted by Crippen LogP contribution is 2.30. The van der Waals surface area contributed by atoms with Gasteiger partial charge in [0.15, 0.2) is 0 Å². The van der Waals surface area contributed by atoms with Gasteiger partial charge < -0.3 is 9.72 Å². The Kier molecular flexibility index (Phi) is 3.98. The van der Waals surface area contributed by atoms with Gasteiger partial charge in [-0.3, -0.25) is 0 Å². The minimum atomic E-state index is 0.321. The van der Waals surface area contributed by atoms with Crippen molar-refractivity contribution >= 4 is 10.9 Å². The molecule has 1 atom stereocenters. The van der Waals surface area contributed by atoms with Crippen molar-refractivity contribution in [1.82, 2.24) is 4.98 Å². The molecule has 2 rings (SSSR count). The number of aromatic amines is 1. The zero-order chi connectivity index (χ0) is 14.0. The van der Waals surface area contributed by atoms with E-state index in [4.69, 9.17) is 4.74 Å². The summed E-state index contributed by atoms with van der Waals surface area (Å²) in [5.41, 5.74) is 3.95. The first-order valence-corrected chi connectivity index (χ1v) is 6.86. The van der Waals surface area contributed by atoms with Gasteiger partial charge in [-0.05, 0) is 24.0 Å². The molecule has 0 amide bonds. The lowest BCUT2D eigenvalue weighted by Crippen LogP contribution is -2.06. The third-order valence-electron chi connectivity index (χ3n) is 3.75. The summed E-state index contributed by atoms with van der Waals surface area (Å²) < 4.78 is 5.27. The summed E-state index contributed by atoms with van der Waals surface area (Å²) in [5.74, 6) is 1.66. The van der Waals surface area contributed by atoms with E-state index in [1.165, 1.54) is 22.2 Å². The Bertz CT molecular complexity index is 580. The number of ether oxygens (including phenoxy) is 1. The van der Waals surface area contributed by atoms with Crippen LogP contribution in [0.1, 0.15) is 37.9 Å². The minimum Gasteiger partial charge on any atom is -0.501 e. The molecule has 19 heavy (non-hydrogen) atoms. The Balaban J connectivity index is 2.45. The van der Waals surface area contributed by atoms with E-state index in [0.29, 0.717) is 11.8 Å². The fourth-order valence-electron chi connectivity index (χ4n) is 2.55. The van der Waals surface area contributed by atoms with Gasteiger partial charge in [-0.25, -0.2) is 0 Å².